The molecular formula is C23H20F3N3O2. The molecule has 2 aliphatic heterocycles. The molecule has 2 aromatic carbocycles. The summed E-state index contributed by atoms with van der Waals surface area (Å²) in [6.07, 6.45) is -4.29. The van der Waals surface area contributed by atoms with Crippen molar-refractivity contribution >= 4 is 5.91 Å². The SMILES string of the molecule is O=C(c1ccc(-c2n[nH]c3c2COc2ccccc2-3)cc1)N1CCC(C(F)(F)F)CC1. The summed E-state index contributed by atoms with van der Waals surface area (Å²) in [6, 6.07) is 14.8. The predicted octanol–water partition coefficient (Wildman–Crippen LogP) is 5.05. The number of piperidine rings is 1. The quantitative estimate of drug-likeness (QED) is 0.623. The number of aromatic nitrogens is 2. The molecule has 8 heteroatoms. The van der Waals surface area contributed by atoms with E-state index in [0.717, 1.165) is 33.8 Å². The fourth-order valence-corrected chi connectivity index (χ4v) is 4.28. The van der Waals surface area contributed by atoms with E-state index in [1.54, 1.807) is 12.1 Å². The van der Waals surface area contributed by atoms with Crippen LogP contribution in [-0.2, 0) is 6.61 Å². The first-order valence-corrected chi connectivity index (χ1v) is 10.2. The van der Waals surface area contributed by atoms with Gasteiger partial charge in [-0.1, -0.05) is 24.3 Å². The van der Waals surface area contributed by atoms with Crippen LogP contribution < -0.4 is 4.74 Å². The van der Waals surface area contributed by atoms with Gasteiger partial charge in [0.15, 0.2) is 0 Å². The minimum Gasteiger partial charge on any atom is -0.488 e. The molecule has 0 aliphatic carbocycles. The van der Waals surface area contributed by atoms with E-state index in [1.165, 1.54) is 4.90 Å². The molecule has 2 aliphatic rings. The Hall–Kier alpha value is -3.29. The zero-order valence-corrected chi connectivity index (χ0v) is 16.6. The number of aromatic amines is 1. The third-order valence-corrected chi connectivity index (χ3v) is 6.05. The van der Waals surface area contributed by atoms with Gasteiger partial charge in [-0.15, -0.1) is 0 Å². The molecule has 0 bridgehead atoms. The van der Waals surface area contributed by atoms with E-state index in [2.05, 4.69) is 10.2 Å². The molecule has 160 valence electrons. The van der Waals surface area contributed by atoms with E-state index >= 15 is 0 Å². The molecule has 3 heterocycles. The molecule has 3 aromatic rings. The van der Waals surface area contributed by atoms with Crippen molar-refractivity contribution in [2.24, 2.45) is 5.92 Å². The highest BCUT2D eigenvalue weighted by Crippen LogP contribution is 2.40. The standard InChI is InChI=1S/C23H20F3N3O2/c24-23(25,26)16-9-11-29(12-10-16)22(30)15-7-5-14(6-8-15)20-18-13-31-19-4-2-1-3-17(19)21(18)28-27-20/h1-8,16H,9-13H2,(H,27,28). The van der Waals surface area contributed by atoms with Crippen molar-refractivity contribution in [3.05, 3.63) is 59.7 Å². The van der Waals surface area contributed by atoms with Gasteiger partial charge in [-0.3, -0.25) is 9.89 Å². The number of rotatable bonds is 2. The number of benzene rings is 2. The lowest BCUT2D eigenvalue weighted by atomic mass is 9.95. The van der Waals surface area contributed by atoms with Crippen molar-refractivity contribution in [1.82, 2.24) is 15.1 Å². The van der Waals surface area contributed by atoms with E-state index in [0.29, 0.717) is 12.2 Å². The van der Waals surface area contributed by atoms with Gasteiger partial charge in [-0.2, -0.15) is 18.3 Å². The second-order valence-electron chi connectivity index (χ2n) is 7.90. The maximum absolute atomic E-state index is 12.9. The molecule has 31 heavy (non-hydrogen) atoms. The van der Waals surface area contributed by atoms with Crippen LogP contribution in [0.4, 0.5) is 13.2 Å². The number of H-pyrrole nitrogens is 1. The van der Waals surface area contributed by atoms with Gasteiger partial charge in [-0.05, 0) is 37.1 Å². The molecule has 5 nitrogen and oxygen atoms in total. The van der Waals surface area contributed by atoms with Gasteiger partial charge in [0.05, 0.1) is 17.3 Å². The number of alkyl halides is 3. The van der Waals surface area contributed by atoms with Gasteiger partial charge in [0.1, 0.15) is 12.4 Å². The molecule has 0 radical (unpaired) electrons. The summed E-state index contributed by atoms with van der Waals surface area (Å²) in [7, 11) is 0. The molecule has 1 saturated heterocycles. The number of carbonyl (C=O) groups excluding carboxylic acids is 1. The Bertz CT molecular complexity index is 1110. The van der Waals surface area contributed by atoms with Crippen LogP contribution in [0.2, 0.25) is 0 Å². The summed E-state index contributed by atoms with van der Waals surface area (Å²) in [6.45, 7) is 0.635. The Morgan fingerprint density at radius 3 is 2.48 bits per heavy atom. The molecule has 5 rings (SSSR count). The number of para-hydroxylation sites is 1. The van der Waals surface area contributed by atoms with Crippen molar-refractivity contribution < 1.29 is 22.7 Å². The molecule has 1 amide bonds. The van der Waals surface area contributed by atoms with Crippen LogP contribution in [0.25, 0.3) is 22.5 Å². The Morgan fingerprint density at radius 2 is 1.77 bits per heavy atom. The summed E-state index contributed by atoms with van der Waals surface area (Å²) in [5, 5.41) is 7.54. The molecule has 0 unspecified atom stereocenters. The van der Waals surface area contributed by atoms with E-state index in [4.69, 9.17) is 4.74 Å². The number of hydrogen-bond donors (Lipinski definition) is 1. The Balaban J connectivity index is 1.33. The summed E-state index contributed by atoms with van der Waals surface area (Å²) in [5.74, 6) is -0.758. The van der Waals surface area contributed by atoms with Crippen molar-refractivity contribution in [3.63, 3.8) is 0 Å². The molecule has 0 spiro atoms. The minimum absolute atomic E-state index is 0.0474. The fourth-order valence-electron chi connectivity index (χ4n) is 4.28. The first-order valence-electron chi connectivity index (χ1n) is 10.2. The third kappa shape index (κ3) is 3.56. The van der Waals surface area contributed by atoms with Crippen LogP contribution in [0, 0.1) is 5.92 Å². The van der Waals surface area contributed by atoms with Crippen LogP contribution >= 0.6 is 0 Å². The number of carbonyl (C=O) groups is 1. The summed E-state index contributed by atoms with van der Waals surface area (Å²) in [4.78, 5) is 14.2. The van der Waals surface area contributed by atoms with E-state index < -0.39 is 12.1 Å². The van der Waals surface area contributed by atoms with Gasteiger partial charge in [0.2, 0.25) is 0 Å². The average Bonchev–Trinajstić information content (AvgIpc) is 3.23. The fraction of sp³-hybridized carbons (Fsp3) is 0.304. The highest BCUT2D eigenvalue weighted by molar-refractivity contribution is 5.95. The second-order valence-corrected chi connectivity index (χ2v) is 7.90. The van der Waals surface area contributed by atoms with Crippen molar-refractivity contribution in [3.8, 4) is 28.3 Å². The monoisotopic (exact) mass is 427 g/mol. The van der Waals surface area contributed by atoms with Crippen molar-refractivity contribution in [2.75, 3.05) is 13.1 Å². The number of nitrogens with zero attached hydrogens (tertiary/aromatic N) is 2. The van der Waals surface area contributed by atoms with Crippen LogP contribution in [0.5, 0.6) is 5.75 Å². The van der Waals surface area contributed by atoms with Gasteiger partial charge < -0.3 is 9.64 Å². The lowest BCUT2D eigenvalue weighted by molar-refractivity contribution is -0.183. The normalized spacial score (nSPS) is 16.4. The van der Waals surface area contributed by atoms with E-state index in [9.17, 15) is 18.0 Å². The number of amides is 1. The topological polar surface area (TPSA) is 58.2 Å². The van der Waals surface area contributed by atoms with Crippen LogP contribution in [0.15, 0.2) is 48.5 Å². The third-order valence-electron chi connectivity index (χ3n) is 6.05. The molecule has 1 N–H and O–H groups in total. The van der Waals surface area contributed by atoms with Gasteiger partial charge in [0.25, 0.3) is 5.91 Å². The molecule has 1 fully saturated rings. The Labute approximate surface area is 176 Å². The van der Waals surface area contributed by atoms with Crippen LogP contribution in [0.1, 0.15) is 28.8 Å². The highest BCUT2D eigenvalue weighted by Gasteiger charge is 2.41. The lowest BCUT2D eigenvalue weighted by Gasteiger charge is -2.33. The van der Waals surface area contributed by atoms with Gasteiger partial charge >= 0.3 is 6.18 Å². The lowest BCUT2D eigenvalue weighted by Crippen LogP contribution is -2.42. The molecule has 1 aromatic heterocycles. The summed E-state index contributed by atoms with van der Waals surface area (Å²) in [5.41, 5.74) is 4.88. The second kappa shape index (κ2) is 7.44. The van der Waals surface area contributed by atoms with Gasteiger partial charge in [-0.25, -0.2) is 0 Å². The Kier molecular flexibility index (Phi) is 4.72. The average molecular weight is 427 g/mol. The molecular weight excluding hydrogens is 407 g/mol. The van der Waals surface area contributed by atoms with Crippen molar-refractivity contribution in [2.45, 2.75) is 25.6 Å². The van der Waals surface area contributed by atoms with Crippen LogP contribution in [0.3, 0.4) is 0 Å². The minimum atomic E-state index is -4.19. The number of likely N-dealkylation sites (tertiary alicyclic amines) is 1. The summed E-state index contributed by atoms with van der Waals surface area (Å²) < 4.78 is 44.4. The number of fused-ring (bicyclic) bond motifs is 3. The zero-order chi connectivity index (χ0) is 21.6. The molecule has 0 saturated carbocycles. The first-order chi connectivity index (χ1) is 14.9. The number of halogens is 3. The smallest absolute Gasteiger partial charge is 0.391 e. The predicted molar refractivity (Wildman–Crippen MR) is 108 cm³/mol. The van der Waals surface area contributed by atoms with Gasteiger partial charge in [0, 0.05) is 35.3 Å². The number of ether oxygens (including phenoxy) is 1. The largest absolute Gasteiger partial charge is 0.488 e. The Morgan fingerprint density at radius 1 is 1.06 bits per heavy atom. The van der Waals surface area contributed by atoms with Crippen molar-refractivity contribution in [1.29, 1.82) is 0 Å². The number of nitrogens with one attached hydrogen (secondary N) is 1. The maximum Gasteiger partial charge on any atom is 0.391 e. The molecule has 0 atom stereocenters. The van der Waals surface area contributed by atoms with Crippen LogP contribution in [-0.4, -0.2) is 40.3 Å². The first kappa shape index (κ1) is 19.7. The highest BCUT2D eigenvalue weighted by atomic mass is 19.4. The number of hydrogen-bond acceptors (Lipinski definition) is 3. The van der Waals surface area contributed by atoms with E-state index in [-0.39, 0.29) is 31.8 Å². The van der Waals surface area contributed by atoms with E-state index in [1.807, 2.05) is 36.4 Å². The summed E-state index contributed by atoms with van der Waals surface area (Å²) >= 11 is 0. The zero-order valence-electron chi connectivity index (χ0n) is 16.6. The maximum atomic E-state index is 12.9.